The average molecular weight is 258 g/mol. The van der Waals surface area contributed by atoms with Crippen LogP contribution >= 0.6 is 11.6 Å². The lowest BCUT2D eigenvalue weighted by molar-refractivity contribution is -0.151. The summed E-state index contributed by atoms with van der Waals surface area (Å²) in [6.45, 7) is 3.91. The standard InChI is InChI=1S/C12H16ClNO3/c1-3-10(12(15)16-4-2)17-11-7-8(13)5-6-9(11)14/h5-7,10H,3-4,14H2,1-2H3. The van der Waals surface area contributed by atoms with Gasteiger partial charge in [-0.05, 0) is 25.5 Å². The van der Waals surface area contributed by atoms with Crippen molar-refractivity contribution in [2.24, 2.45) is 0 Å². The smallest absolute Gasteiger partial charge is 0.347 e. The van der Waals surface area contributed by atoms with Gasteiger partial charge < -0.3 is 15.2 Å². The fraction of sp³-hybridized carbons (Fsp3) is 0.417. The summed E-state index contributed by atoms with van der Waals surface area (Å²) in [7, 11) is 0. The van der Waals surface area contributed by atoms with Gasteiger partial charge in [-0.15, -0.1) is 0 Å². The molecule has 1 aromatic carbocycles. The Morgan fingerprint density at radius 3 is 2.76 bits per heavy atom. The summed E-state index contributed by atoms with van der Waals surface area (Å²) in [4.78, 5) is 11.6. The second-order valence-corrected chi connectivity index (χ2v) is 3.89. The van der Waals surface area contributed by atoms with E-state index in [1.165, 1.54) is 0 Å². The molecule has 0 amide bonds. The number of esters is 1. The molecule has 0 saturated heterocycles. The van der Waals surface area contributed by atoms with E-state index in [0.717, 1.165) is 0 Å². The summed E-state index contributed by atoms with van der Waals surface area (Å²) in [5.41, 5.74) is 6.17. The molecule has 0 aliphatic carbocycles. The van der Waals surface area contributed by atoms with E-state index < -0.39 is 12.1 Å². The molecule has 94 valence electrons. The van der Waals surface area contributed by atoms with Crippen molar-refractivity contribution in [3.8, 4) is 5.75 Å². The van der Waals surface area contributed by atoms with Crippen molar-refractivity contribution in [3.05, 3.63) is 23.2 Å². The molecule has 2 N–H and O–H groups in total. The zero-order valence-corrected chi connectivity index (χ0v) is 10.7. The van der Waals surface area contributed by atoms with Crippen LogP contribution < -0.4 is 10.5 Å². The Balaban J connectivity index is 2.80. The lowest BCUT2D eigenvalue weighted by atomic mass is 10.2. The molecule has 0 aliphatic rings. The van der Waals surface area contributed by atoms with Crippen LogP contribution in [0.1, 0.15) is 20.3 Å². The predicted molar refractivity (Wildman–Crippen MR) is 67.2 cm³/mol. The Kier molecular flexibility index (Phi) is 5.10. The fourth-order valence-electron chi connectivity index (χ4n) is 1.30. The monoisotopic (exact) mass is 257 g/mol. The minimum absolute atomic E-state index is 0.323. The third-order valence-electron chi connectivity index (χ3n) is 2.17. The second-order valence-electron chi connectivity index (χ2n) is 3.45. The Morgan fingerprint density at radius 2 is 2.18 bits per heavy atom. The molecule has 1 atom stereocenters. The first-order chi connectivity index (χ1) is 8.08. The first kappa shape index (κ1) is 13.6. The van der Waals surface area contributed by atoms with Crippen LogP contribution in [0.3, 0.4) is 0 Å². The molecule has 1 unspecified atom stereocenters. The highest BCUT2D eigenvalue weighted by molar-refractivity contribution is 6.30. The van der Waals surface area contributed by atoms with Gasteiger partial charge >= 0.3 is 5.97 Å². The van der Waals surface area contributed by atoms with Crippen molar-refractivity contribution in [3.63, 3.8) is 0 Å². The first-order valence-corrected chi connectivity index (χ1v) is 5.84. The topological polar surface area (TPSA) is 61.5 Å². The molecule has 4 nitrogen and oxygen atoms in total. The minimum atomic E-state index is -0.657. The number of carbonyl (C=O) groups excluding carboxylic acids is 1. The molecule has 1 rings (SSSR count). The van der Waals surface area contributed by atoms with Crippen molar-refractivity contribution in [2.75, 3.05) is 12.3 Å². The summed E-state index contributed by atoms with van der Waals surface area (Å²) in [6.07, 6.45) is -0.152. The van der Waals surface area contributed by atoms with E-state index in [2.05, 4.69) is 0 Å². The Hall–Kier alpha value is -1.42. The molecular weight excluding hydrogens is 242 g/mol. The Morgan fingerprint density at radius 1 is 1.47 bits per heavy atom. The number of hydrogen-bond donors (Lipinski definition) is 1. The summed E-state index contributed by atoms with van der Waals surface area (Å²) < 4.78 is 10.4. The molecule has 0 aliphatic heterocycles. The van der Waals surface area contributed by atoms with E-state index in [4.69, 9.17) is 26.8 Å². The highest BCUT2D eigenvalue weighted by Gasteiger charge is 2.20. The molecular formula is C12H16ClNO3. The normalized spacial score (nSPS) is 11.9. The Bertz CT molecular complexity index is 395. The molecule has 0 heterocycles. The molecule has 0 spiro atoms. The lowest BCUT2D eigenvalue weighted by Gasteiger charge is -2.17. The van der Waals surface area contributed by atoms with E-state index in [-0.39, 0.29) is 0 Å². The largest absolute Gasteiger partial charge is 0.477 e. The van der Waals surface area contributed by atoms with Gasteiger partial charge in [0.15, 0.2) is 6.10 Å². The van der Waals surface area contributed by atoms with Gasteiger partial charge in [-0.2, -0.15) is 0 Å². The van der Waals surface area contributed by atoms with Crippen molar-refractivity contribution in [1.82, 2.24) is 0 Å². The number of ether oxygens (including phenoxy) is 2. The van der Waals surface area contributed by atoms with Crippen molar-refractivity contribution in [2.45, 2.75) is 26.4 Å². The van der Waals surface area contributed by atoms with Crippen LogP contribution in [0.15, 0.2) is 18.2 Å². The van der Waals surface area contributed by atoms with Gasteiger partial charge in [0.1, 0.15) is 5.75 Å². The van der Waals surface area contributed by atoms with E-state index >= 15 is 0 Å². The van der Waals surface area contributed by atoms with Gasteiger partial charge in [-0.3, -0.25) is 0 Å². The number of nitrogens with two attached hydrogens (primary N) is 1. The zero-order chi connectivity index (χ0) is 12.8. The molecule has 0 bridgehead atoms. The summed E-state index contributed by atoms with van der Waals surface area (Å²) >= 11 is 5.83. The van der Waals surface area contributed by atoms with Crippen molar-refractivity contribution >= 4 is 23.3 Å². The molecule has 0 saturated carbocycles. The molecule has 17 heavy (non-hydrogen) atoms. The molecule has 0 aromatic heterocycles. The maximum absolute atomic E-state index is 11.6. The van der Waals surface area contributed by atoms with Crippen LogP contribution in [0.4, 0.5) is 5.69 Å². The third-order valence-corrected chi connectivity index (χ3v) is 2.40. The number of halogens is 1. The van der Waals surface area contributed by atoms with Gasteiger partial charge in [0.25, 0.3) is 0 Å². The summed E-state index contributed by atoms with van der Waals surface area (Å²) in [5.74, 6) is 0.00628. The summed E-state index contributed by atoms with van der Waals surface area (Å²) in [6, 6.07) is 4.88. The second kappa shape index (κ2) is 6.35. The van der Waals surface area contributed by atoms with Gasteiger partial charge in [0.2, 0.25) is 0 Å². The van der Waals surface area contributed by atoms with E-state index in [1.54, 1.807) is 25.1 Å². The minimum Gasteiger partial charge on any atom is -0.477 e. The molecule has 0 fully saturated rings. The van der Waals surface area contributed by atoms with Gasteiger partial charge in [0.05, 0.1) is 12.3 Å². The van der Waals surface area contributed by atoms with Crippen LogP contribution in [0.25, 0.3) is 0 Å². The van der Waals surface area contributed by atoms with E-state index in [0.29, 0.717) is 29.5 Å². The SMILES string of the molecule is CCOC(=O)C(CC)Oc1cc(Cl)ccc1N. The summed E-state index contributed by atoms with van der Waals surface area (Å²) in [5, 5.41) is 0.507. The highest BCUT2D eigenvalue weighted by Crippen LogP contribution is 2.26. The zero-order valence-electron chi connectivity index (χ0n) is 9.90. The first-order valence-electron chi connectivity index (χ1n) is 5.46. The van der Waals surface area contributed by atoms with Gasteiger partial charge in [-0.1, -0.05) is 18.5 Å². The van der Waals surface area contributed by atoms with Crippen LogP contribution in [-0.4, -0.2) is 18.7 Å². The van der Waals surface area contributed by atoms with Crippen molar-refractivity contribution < 1.29 is 14.3 Å². The van der Waals surface area contributed by atoms with Gasteiger partial charge in [-0.25, -0.2) is 4.79 Å². The average Bonchev–Trinajstić information content (AvgIpc) is 2.30. The highest BCUT2D eigenvalue weighted by atomic mass is 35.5. The number of anilines is 1. The number of carbonyl (C=O) groups is 1. The molecule has 5 heteroatoms. The van der Waals surface area contributed by atoms with Crippen LogP contribution in [-0.2, 0) is 9.53 Å². The fourth-order valence-corrected chi connectivity index (χ4v) is 1.46. The van der Waals surface area contributed by atoms with Gasteiger partial charge in [0, 0.05) is 11.1 Å². The number of benzene rings is 1. The molecule has 0 radical (unpaired) electrons. The Labute approximate surface area is 106 Å². The lowest BCUT2D eigenvalue weighted by Crippen LogP contribution is -2.29. The number of nitrogen functional groups attached to an aromatic ring is 1. The van der Waals surface area contributed by atoms with Crippen LogP contribution in [0.2, 0.25) is 5.02 Å². The van der Waals surface area contributed by atoms with E-state index in [9.17, 15) is 4.79 Å². The predicted octanol–water partition coefficient (Wildman–Crippen LogP) is 2.64. The van der Waals surface area contributed by atoms with Crippen LogP contribution in [0.5, 0.6) is 5.75 Å². The number of rotatable bonds is 5. The van der Waals surface area contributed by atoms with Crippen molar-refractivity contribution in [1.29, 1.82) is 0 Å². The van der Waals surface area contributed by atoms with Crippen LogP contribution in [0, 0.1) is 0 Å². The maximum atomic E-state index is 11.6. The maximum Gasteiger partial charge on any atom is 0.347 e. The number of hydrogen-bond acceptors (Lipinski definition) is 4. The van der Waals surface area contributed by atoms with E-state index in [1.807, 2.05) is 6.92 Å². The molecule has 1 aromatic rings. The third kappa shape index (κ3) is 3.82. The quantitative estimate of drug-likeness (QED) is 0.651.